The van der Waals surface area contributed by atoms with Gasteiger partial charge in [-0.15, -0.1) is 0 Å². The molecule has 0 spiro atoms. The minimum absolute atomic E-state index is 0.223. The lowest BCUT2D eigenvalue weighted by molar-refractivity contribution is -0.156. The Morgan fingerprint density at radius 3 is 1.52 bits per heavy atom. The lowest BCUT2D eigenvalue weighted by Crippen LogP contribution is -2.37. The molecule has 5 rings (SSSR count). The van der Waals surface area contributed by atoms with E-state index in [1.165, 1.54) is 14.2 Å². The van der Waals surface area contributed by atoms with Crippen molar-refractivity contribution in [3.8, 4) is 0 Å². The molecular formula is C18H18O9. The van der Waals surface area contributed by atoms with Crippen LogP contribution in [0.15, 0.2) is 24.3 Å². The predicted octanol–water partition coefficient (Wildman–Crippen LogP) is -0.459. The minimum Gasteiger partial charge on any atom is -0.469 e. The highest BCUT2D eigenvalue weighted by atomic mass is 16.6. The molecule has 5 heterocycles. The molecule has 9 heteroatoms. The second-order valence-corrected chi connectivity index (χ2v) is 6.79. The van der Waals surface area contributed by atoms with Crippen LogP contribution in [0.4, 0.5) is 0 Å². The maximum absolute atomic E-state index is 11.5. The molecule has 0 aromatic rings. The number of rotatable bonds is 2. The summed E-state index contributed by atoms with van der Waals surface area (Å²) in [6.07, 6.45) is 6.06. The summed E-state index contributed by atoms with van der Waals surface area (Å²) in [5.74, 6) is -3.59. The van der Waals surface area contributed by atoms with Gasteiger partial charge in [-0.05, 0) is 0 Å². The number of hydrogen-bond acceptors (Lipinski definition) is 9. The maximum Gasteiger partial charge on any atom is 0.320 e. The van der Waals surface area contributed by atoms with Gasteiger partial charge in [0, 0.05) is 0 Å². The third-order valence-corrected chi connectivity index (χ3v) is 5.49. The Hall–Kier alpha value is -2.52. The number of carbonyl (C=O) groups is 4. The molecular weight excluding hydrogens is 360 g/mol. The fourth-order valence-corrected chi connectivity index (χ4v) is 4.25. The van der Waals surface area contributed by atoms with Crippen molar-refractivity contribution in [2.75, 3.05) is 14.2 Å². The zero-order chi connectivity index (χ0) is 19.3. The van der Waals surface area contributed by atoms with Gasteiger partial charge in [0.05, 0.1) is 38.6 Å². The van der Waals surface area contributed by atoms with Gasteiger partial charge in [-0.3, -0.25) is 19.2 Å². The van der Waals surface area contributed by atoms with Crippen LogP contribution in [-0.2, 0) is 42.9 Å². The number of ether oxygens (including phenoxy) is 5. The topological polar surface area (TPSA) is 114 Å². The zero-order valence-corrected chi connectivity index (χ0v) is 14.6. The van der Waals surface area contributed by atoms with Crippen molar-refractivity contribution in [3.05, 3.63) is 24.3 Å². The summed E-state index contributed by atoms with van der Waals surface area (Å²) in [6, 6.07) is 0. The van der Waals surface area contributed by atoms with E-state index in [-0.39, 0.29) is 36.3 Å². The van der Waals surface area contributed by atoms with Crippen LogP contribution < -0.4 is 0 Å². The SMILES string of the molecule is COC(=O)C1C2C=CC(O2)C1C(=O)OC.O=C1OC(=O)C2C3C=CC(O3)C12. The van der Waals surface area contributed by atoms with Gasteiger partial charge in [-0.25, -0.2) is 0 Å². The predicted molar refractivity (Wildman–Crippen MR) is 84.7 cm³/mol. The lowest BCUT2D eigenvalue weighted by Gasteiger charge is -2.20. The molecule has 8 atom stereocenters. The summed E-state index contributed by atoms with van der Waals surface area (Å²) in [4.78, 5) is 45.2. The fraction of sp³-hybridized carbons (Fsp3) is 0.556. The molecule has 5 aliphatic heterocycles. The first-order chi connectivity index (χ1) is 13.0. The Balaban J connectivity index is 0.000000136. The van der Waals surface area contributed by atoms with Crippen molar-refractivity contribution >= 4 is 23.9 Å². The van der Waals surface area contributed by atoms with E-state index in [1.54, 1.807) is 12.2 Å². The third kappa shape index (κ3) is 2.69. The van der Waals surface area contributed by atoms with E-state index in [0.717, 1.165) is 0 Å². The van der Waals surface area contributed by atoms with Gasteiger partial charge in [0.2, 0.25) is 0 Å². The summed E-state index contributed by atoms with van der Waals surface area (Å²) in [5.41, 5.74) is 0. The fourth-order valence-electron chi connectivity index (χ4n) is 4.25. The summed E-state index contributed by atoms with van der Waals surface area (Å²) in [6.45, 7) is 0. The van der Waals surface area contributed by atoms with Gasteiger partial charge in [-0.1, -0.05) is 24.3 Å². The van der Waals surface area contributed by atoms with Crippen LogP contribution in [0.3, 0.4) is 0 Å². The van der Waals surface area contributed by atoms with Crippen LogP contribution in [0.2, 0.25) is 0 Å². The quantitative estimate of drug-likeness (QED) is 0.272. The Kier molecular flexibility index (Phi) is 4.35. The number of esters is 4. The summed E-state index contributed by atoms with van der Waals surface area (Å²) >= 11 is 0. The highest BCUT2D eigenvalue weighted by molar-refractivity contribution is 5.98. The lowest BCUT2D eigenvalue weighted by atomic mass is 9.83. The van der Waals surface area contributed by atoms with Crippen molar-refractivity contribution < 1.29 is 42.9 Å². The van der Waals surface area contributed by atoms with Gasteiger partial charge in [0.1, 0.15) is 23.7 Å². The molecule has 0 saturated carbocycles. The number of hydrogen-bond donors (Lipinski definition) is 0. The van der Waals surface area contributed by atoms with Crippen molar-refractivity contribution in [1.82, 2.24) is 0 Å². The van der Waals surface area contributed by atoms with Gasteiger partial charge in [0.25, 0.3) is 0 Å². The van der Waals surface area contributed by atoms with E-state index in [0.29, 0.717) is 0 Å². The van der Waals surface area contributed by atoms with Crippen LogP contribution in [-0.4, -0.2) is 62.5 Å². The third-order valence-electron chi connectivity index (χ3n) is 5.49. The van der Waals surface area contributed by atoms with Crippen LogP contribution >= 0.6 is 0 Å². The molecule has 4 bridgehead atoms. The molecule has 0 aromatic carbocycles. The van der Waals surface area contributed by atoms with Gasteiger partial charge in [0.15, 0.2) is 0 Å². The molecule has 8 unspecified atom stereocenters. The van der Waals surface area contributed by atoms with Crippen LogP contribution in [0, 0.1) is 23.7 Å². The number of cyclic esters (lactones) is 2. The van der Waals surface area contributed by atoms with Crippen molar-refractivity contribution in [3.63, 3.8) is 0 Å². The van der Waals surface area contributed by atoms with E-state index < -0.39 is 35.7 Å². The van der Waals surface area contributed by atoms with E-state index in [4.69, 9.17) is 9.47 Å². The normalized spacial score (nSPS) is 41.9. The van der Waals surface area contributed by atoms with E-state index >= 15 is 0 Å². The average molecular weight is 378 g/mol. The van der Waals surface area contributed by atoms with Crippen molar-refractivity contribution in [1.29, 1.82) is 0 Å². The van der Waals surface area contributed by atoms with E-state index in [2.05, 4.69) is 14.2 Å². The van der Waals surface area contributed by atoms with Gasteiger partial charge in [-0.2, -0.15) is 0 Å². The molecule has 3 saturated heterocycles. The standard InChI is InChI=1S/C10H12O5.C8H6O4/c1-13-9(11)7-5-3-4-6(15-5)8(7)10(12)14-2;9-7-5-3-1-2-4(11-3)6(5)8(10)12-7/h3-8H,1-2H3;1-6H. The van der Waals surface area contributed by atoms with Crippen LogP contribution in [0.25, 0.3) is 0 Å². The summed E-state index contributed by atoms with van der Waals surface area (Å²) in [7, 11) is 2.60. The Morgan fingerprint density at radius 2 is 1.11 bits per heavy atom. The van der Waals surface area contributed by atoms with E-state index in [1.807, 2.05) is 12.2 Å². The van der Waals surface area contributed by atoms with Crippen LogP contribution in [0.5, 0.6) is 0 Å². The highest BCUT2D eigenvalue weighted by Gasteiger charge is 2.59. The molecule has 0 N–H and O–H groups in total. The highest BCUT2D eigenvalue weighted by Crippen LogP contribution is 2.44. The first-order valence-electron chi connectivity index (χ1n) is 8.55. The van der Waals surface area contributed by atoms with Crippen molar-refractivity contribution in [2.45, 2.75) is 24.4 Å². The average Bonchev–Trinajstić information content (AvgIpc) is 3.47. The monoisotopic (exact) mass is 378 g/mol. The molecule has 0 radical (unpaired) electrons. The number of carbonyl (C=O) groups excluding carboxylic acids is 4. The molecule has 3 fully saturated rings. The second kappa shape index (κ2) is 6.58. The largest absolute Gasteiger partial charge is 0.469 e. The molecule has 0 aromatic heterocycles. The summed E-state index contributed by atoms with van der Waals surface area (Å²) in [5, 5.41) is 0. The number of methoxy groups -OCH3 is 2. The van der Waals surface area contributed by atoms with E-state index in [9.17, 15) is 19.2 Å². The minimum atomic E-state index is -0.572. The second-order valence-electron chi connectivity index (χ2n) is 6.79. The maximum atomic E-state index is 11.5. The van der Waals surface area contributed by atoms with Crippen molar-refractivity contribution in [2.24, 2.45) is 23.7 Å². The van der Waals surface area contributed by atoms with Crippen LogP contribution in [0.1, 0.15) is 0 Å². The molecule has 0 aliphatic carbocycles. The Labute approximate surface area is 154 Å². The Morgan fingerprint density at radius 1 is 0.741 bits per heavy atom. The van der Waals surface area contributed by atoms with Gasteiger partial charge < -0.3 is 23.7 Å². The smallest absolute Gasteiger partial charge is 0.320 e. The molecule has 9 nitrogen and oxygen atoms in total. The number of fused-ring (bicyclic) bond motifs is 7. The molecule has 27 heavy (non-hydrogen) atoms. The zero-order valence-electron chi connectivity index (χ0n) is 14.6. The first kappa shape index (κ1) is 17.9. The van der Waals surface area contributed by atoms with Gasteiger partial charge >= 0.3 is 23.9 Å². The molecule has 5 aliphatic rings. The Bertz CT molecular complexity index is 696. The molecule has 0 amide bonds. The molecule has 144 valence electrons. The summed E-state index contributed by atoms with van der Waals surface area (Å²) < 4.78 is 24.6. The first-order valence-corrected chi connectivity index (χ1v) is 8.55.